The Bertz CT molecular complexity index is 999. The van der Waals surface area contributed by atoms with Gasteiger partial charge in [-0.2, -0.15) is 0 Å². The summed E-state index contributed by atoms with van der Waals surface area (Å²) >= 11 is 3.57. The van der Waals surface area contributed by atoms with E-state index in [0.717, 1.165) is 21.3 Å². The minimum atomic E-state index is -0.290. The fourth-order valence-corrected chi connectivity index (χ4v) is 4.09. The lowest BCUT2D eigenvalue weighted by atomic mass is 9.85. The number of nitrogens with two attached hydrogens (primary N) is 1. The van der Waals surface area contributed by atoms with Crippen LogP contribution in [0, 0.1) is 0 Å². The van der Waals surface area contributed by atoms with Crippen LogP contribution in [0.5, 0.6) is 11.5 Å². The summed E-state index contributed by atoms with van der Waals surface area (Å²) in [6.07, 6.45) is 1.71. The first-order valence-electron chi connectivity index (χ1n) is 9.31. The summed E-state index contributed by atoms with van der Waals surface area (Å²) in [4.78, 5) is 17.1. The molecule has 152 valence electrons. The highest BCUT2D eigenvalue weighted by molar-refractivity contribution is 9.10. The van der Waals surface area contributed by atoms with Gasteiger partial charge in [-0.25, -0.2) is 4.99 Å². The van der Waals surface area contributed by atoms with E-state index in [4.69, 9.17) is 10.5 Å². The topological polar surface area (TPSA) is 96.9 Å². The number of ether oxygens (including phenoxy) is 1. The first-order chi connectivity index (χ1) is 13.8. The highest BCUT2D eigenvalue weighted by atomic mass is 79.9. The summed E-state index contributed by atoms with van der Waals surface area (Å²) in [6.45, 7) is 4.22. The lowest BCUT2D eigenvalue weighted by molar-refractivity contribution is -0.120. The summed E-state index contributed by atoms with van der Waals surface area (Å²) in [5, 5.41) is 12.7. The number of nitrogens with one attached hydrogen (secondary N) is 1. The molecule has 1 saturated heterocycles. The van der Waals surface area contributed by atoms with Gasteiger partial charge in [-0.1, -0.05) is 35.8 Å². The Labute approximate surface area is 178 Å². The van der Waals surface area contributed by atoms with Gasteiger partial charge in [-0.3, -0.25) is 4.79 Å². The number of phenolic OH excluding ortho intramolecular Hbond substituents is 1. The number of hydrogen-bond donors (Lipinski definition) is 3. The number of carbonyl (C=O) groups is 1. The molecule has 7 heteroatoms. The minimum Gasteiger partial charge on any atom is -0.504 e. The second-order valence-electron chi connectivity index (χ2n) is 7.18. The highest BCUT2D eigenvalue weighted by Crippen LogP contribution is 2.37. The number of benzene rings is 2. The van der Waals surface area contributed by atoms with Crippen molar-refractivity contribution in [3.8, 4) is 11.5 Å². The Morgan fingerprint density at radius 3 is 2.72 bits per heavy atom. The Kier molecular flexibility index (Phi) is 6.27. The second kappa shape index (κ2) is 8.69. The zero-order chi connectivity index (χ0) is 21.1. The van der Waals surface area contributed by atoms with Gasteiger partial charge in [0.1, 0.15) is 5.84 Å². The van der Waals surface area contributed by atoms with E-state index >= 15 is 0 Å². The van der Waals surface area contributed by atoms with E-state index in [1.165, 1.54) is 13.3 Å². The molecule has 0 aliphatic carbocycles. The Balaban J connectivity index is 2.03. The molecule has 2 aromatic rings. The SMILES string of the molecule is COc1cc(C2CC(=O)NC(=Nc3ccc(Br)c(C(C)C)c3)/C2=C\N)ccc1O. The Morgan fingerprint density at radius 1 is 1.31 bits per heavy atom. The summed E-state index contributed by atoms with van der Waals surface area (Å²) in [7, 11) is 1.48. The van der Waals surface area contributed by atoms with Crippen molar-refractivity contribution in [1.82, 2.24) is 5.32 Å². The predicted octanol–water partition coefficient (Wildman–Crippen LogP) is 4.46. The van der Waals surface area contributed by atoms with Crippen molar-refractivity contribution in [2.24, 2.45) is 10.7 Å². The molecule has 6 nitrogen and oxygen atoms in total. The Morgan fingerprint density at radius 2 is 2.07 bits per heavy atom. The first kappa shape index (κ1) is 20.9. The molecule has 1 aliphatic heterocycles. The standard InChI is InChI=1S/C22H24BrN3O3/c1-12(2)15-9-14(5-6-18(15)23)25-22-17(11-24)16(10-21(28)26-22)13-4-7-19(27)20(8-13)29-3/h4-9,11-12,16,27H,10,24H2,1-3H3,(H,25,26,28)/b17-11-. The van der Waals surface area contributed by atoms with E-state index in [9.17, 15) is 9.90 Å². The maximum absolute atomic E-state index is 12.4. The van der Waals surface area contributed by atoms with Crippen LogP contribution in [0.3, 0.4) is 0 Å². The molecule has 1 atom stereocenters. The van der Waals surface area contributed by atoms with Gasteiger partial charge >= 0.3 is 0 Å². The van der Waals surface area contributed by atoms with Crippen molar-refractivity contribution < 1.29 is 14.6 Å². The number of aliphatic imine (C=N–C) groups is 1. The van der Waals surface area contributed by atoms with E-state index in [0.29, 0.717) is 23.1 Å². The summed E-state index contributed by atoms with van der Waals surface area (Å²) in [5.41, 5.74) is 9.34. The van der Waals surface area contributed by atoms with Gasteiger partial charge < -0.3 is 20.9 Å². The van der Waals surface area contributed by atoms with E-state index in [1.54, 1.807) is 18.2 Å². The summed E-state index contributed by atoms with van der Waals surface area (Å²) in [6, 6.07) is 10.9. The molecule has 0 bridgehead atoms. The molecule has 0 radical (unpaired) electrons. The fourth-order valence-electron chi connectivity index (χ4n) is 3.38. The summed E-state index contributed by atoms with van der Waals surface area (Å²) in [5.74, 6) is 0.706. The predicted molar refractivity (Wildman–Crippen MR) is 118 cm³/mol. The zero-order valence-corrected chi connectivity index (χ0v) is 18.2. The zero-order valence-electron chi connectivity index (χ0n) is 16.6. The van der Waals surface area contributed by atoms with Crippen LogP contribution in [0.1, 0.15) is 43.2 Å². The molecule has 0 aromatic heterocycles. The van der Waals surface area contributed by atoms with Crippen LogP contribution in [0.25, 0.3) is 0 Å². The number of amidine groups is 1. The quantitative estimate of drug-likeness (QED) is 0.630. The van der Waals surface area contributed by atoms with Crippen molar-refractivity contribution in [1.29, 1.82) is 0 Å². The maximum atomic E-state index is 12.4. The number of phenols is 1. The van der Waals surface area contributed by atoms with Crippen LogP contribution < -0.4 is 15.8 Å². The average molecular weight is 458 g/mol. The maximum Gasteiger partial charge on any atom is 0.226 e. The third kappa shape index (κ3) is 4.45. The molecule has 4 N–H and O–H groups in total. The Hall–Kier alpha value is -2.80. The van der Waals surface area contributed by atoms with Crippen LogP contribution in [0.4, 0.5) is 5.69 Å². The van der Waals surface area contributed by atoms with Gasteiger partial charge in [0.05, 0.1) is 12.8 Å². The van der Waals surface area contributed by atoms with Gasteiger partial charge in [0, 0.05) is 28.6 Å². The number of carbonyl (C=O) groups excluding carboxylic acids is 1. The number of rotatable bonds is 4. The van der Waals surface area contributed by atoms with Crippen LogP contribution in [-0.2, 0) is 4.79 Å². The number of nitrogens with zero attached hydrogens (tertiary/aromatic N) is 1. The van der Waals surface area contributed by atoms with Crippen molar-refractivity contribution in [2.75, 3.05) is 7.11 Å². The number of piperidine rings is 1. The third-order valence-corrected chi connectivity index (χ3v) is 5.65. The van der Waals surface area contributed by atoms with E-state index in [1.807, 2.05) is 18.2 Å². The summed E-state index contributed by atoms with van der Waals surface area (Å²) < 4.78 is 6.23. The van der Waals surface area contributed by atoms with Crippen molar-refractivity contribution in [2.45, 2.75) is 32.1 Å². The number of hydrogen-bond acceptors (Lipinski definition) is 5. The third-order valence-electron chi connectivity index (χ3n) is 4.92. The molecule has 1 unspecified atom stereocenters. The molecule has 1 aliphatic rings. The van der Waals surface area contributed by atoms with Crippen molar-refractivity contribution in [3.63, 3.8) is 0 Å². The minimum absolute atomic E-state index is 0.0414. The highest BCUT2D eigenvalue weighted by Gasteiger charge is 2.30. The van der Waals surface area contributed by atoms with Gasteiger partial charge in [0.15, 0.2) is 11.5 Å². The molecule has 0 spiro atoms. The first-order valence-corrected chi connectivity index (χ1v) is 10.1. The number of aromatic hydroxyl groups is 1. The number of halogens is 1. The number of amides is 1. The van der Waals surface area contributed by atoms with E-state index in [2.05, 4.69) is 40.1 Å². The molecule has 3 rings (SSSR count). The molecule has 0 saturated carbocycles. The average Bonchev–Trinajstić information content (AvgIpc) is 2.69. The lowest BCUT2D eigenvalue weighted by Gasteiger charge is -2.27. The van der Waals surface area contributed by atoms with Crippen LogP contribution in [0.2, 0.25) is 0 Å². The molecule has 1 fully saturated rings. The molecule has 29 heavy (non-hydrogen) atoms. The molecule has 1 heterocycles. The lowest BCUT2D eigenvalue weighted by Crippen LogP contribution is -2.40. The van der Waals surface area contributed by atoms with Crippen molar-refractivity contribution >= 4 is 33.4 Å². The normalized spacial score (nSPS) is 19.6. The molecule has 1 amide bonds. The van der Waals surface area contributed by atoms with E-state index < -0.39 is 0 Å². The van der Waals surface area contributed by atoms with Crippen molar-refractivity contribution in [3.05, 3.63) is 63.8 Å². The van der Waals surface area contributed by atoms with Crippen LogP contribution in [-0.4, -0.2) is 24.0 Å². The molecule has 2 aromatic carbocycles. The largest absolute Gasteiger partial charge is 0.504 e. The van der Waals surface area contributed by atoms with Gasteiger partial charge in [0.2, 0.25) is 5.91 Å². The smallest absolute Gasteiger partial charge is 0.226 e. The van der Waals surface area contributed by atoms with Gasteiger partial charge in [-0.05, 0) is 47.4 Å². The van der Waals surface area contributed by atoms with Crippen LogP contribution >= 0.6 is 15.9 Å². The van der Waals surface area contributed by atoms with E-state index in [-0.39, 0.29) is 24.0 Å². The fraction of sp³-hybridized carbons (Fsp3) is 0.273. The molecular formula is C22H24BrN3O3. The number of methoxy groups -OCH3 is 1. The monoisotopic (exact) mass is 457 g/mol. The van der Waals surface area contributed by atoms with Gasteiger partial charge in [-0.15, -0.1) is 0 Å². The molecular weight excluding hydrogens is 434 g/mol. The second-order valence-corrected chi connectivity index (χ2v) is 8.03. The van der Waals surface area contributed by atoms with Crippen LogP contribution in [0.15, 0.2) is 57.6 Å². The van der Waals surface area contributed by atoms with Gasteiger partial charge in [0.25, 0.3) is 0 Å².